The SMILES string of the molecule is C#CCC(CC1CCCCCC1)NN. The molecule has 1 unspecified atom stereocenters. The Labute approximate surface area is 87.6 Å². The van der Waals surface area contributed by atoms with Crippen LogP contribution in [0, 0.1) is 18.3 Å². The average Bonchev–Trinajstić information content (AvgIpc) is 2.45. The van der Waals surface area contributed by atoms with Crippen molar-refractivity contribution in [2.24, 2.45) is 11.8 Å². The number of hydrazine groups is 1. The van der Waals surface area contributed by atoms with E-state index >= 15 is 0 Å². The van der Waals surface area contributed by atoms with Gasteiger partial charge in [0.2, 0.25) is 0 Å². The van der Waals surface area contributed by atoms with E-state index in [9.17, 15) is 0 Å². The van der Waals surface area contributed by atoms with Crippen LogP contribution in [0.2, 0.25) is 0 Å². The molecule has 2 heteroatoms. The van der Waals surface area contributed by atoms with Crippen LogP contribution in [0.15, 0.2) is 0 Å². The first-order chi connectivity index (χ1) is 6.86. The lowest BCUT2D eigenvalue weighted by atomic mass is 9.92. The summed E-state index contributed by atoms with van der Waals surface area (Å²) < 4.78 is 0. The maximum Gasteiger partial charge on any atom is 0.0322 e. The fourth-order valence-corrected chi connectivity index (χ4v) is 2.35. The standard InChI is InChI=1S/C12H22N2/c1-2-7-12(14-13)10-11-8-5-3-4-6-9-11/h1,11-12,14H,3-10,13H2. The lowest BCUT2D eigenvalue weighted by molar-refractivity contribution is 0.357. The number of rotatable bonds is 4. The first kappa shape index (κ1) is 11.6. The van der Waals surface area contributed by atoms with E-state index in [2.05, 4.69) is 11.3 Å². The zero-order valence-electron chi connectivity index (χ0n) is 8.97. The molecule has 0 saturated heterocycles. The Hall–Kier alpha value is -0.520. The third-order valence-electron chi connectivity index (χ3n) is 3.19. The lowest BCUT2D eigenvalue weighted by Gasteiger charge is -2.20. The molecule has 1 saturated carbocycles. The zero-order valence-corrected chi connectivity index (χ0v) is 8.97. The maximum atomic E-state index is 5.47. The second kappa shape index (κ2) is 6.86. The van der Waals surface area contributed by atoms with E-state index in [1.54, 1.807) is 0 Å². The van der Waals surface area contributed by atoms with Crippen LogP contribution in [-0.4, -0.2) is 6.04 Å². The van der Waals surface area contributed by atoms with Crippen LogP contribution in [0.3, 0.4) is 0 Å². The molecule has 1 aliphatic rings. The minimum Gasteiger partial charge on any atom is -0.271 e. The van der Waals surface area contributed by atoms with Crippen LogP contribution in [0.5, 0.6) is 0 Å². The molecule has 14 heavy (non-hydrogen) atoms. The van der Waals surface area contributed by atoms with E-state index in [4.69, 9.17) is 12.3 Å². The summed E-state index contributed by atoms with van der Waals surface area (Å²) in [4.78, 5) is 0. The van der Waals surface area contributed by atoms with Crippen LogP contribution in [-0.2, 0) is 0 Å². The molecule has 0 aliphatic heterocycles. The molecule has 0 heterocycles. The third-order valence-corrected chi connectivity index (χ3v) is 3.19. The quantitative estimate of drug-likeness (QED) is 0.312. The molecule has 0 radical (unpaired) electrons. The molecule has 0 spiro atoms. The molecule has 0 aromatic carbocycles. The highest BCUT2D eigenvalue weighted by Gasteiger charge is 2.16. The van der Waals surface area contributed by atoms with E-state index < -0.39 is 0 Å². The predicted octanol–water partition coefficient (Wildman–Crippen LogP) is 2.20. The summed E-state index contributed by atoms with van der Waals surface area (Å²) in [5, 5.41) is 0. The average molecular weight is 194 g/mol. The summed E-state index contributed by atoms with van der Waals surface area (Å²) in [5.41, 5.74) is 2.83. The van der Waals surface area contributed by atoms with E-state index in [0.29, 0.717) is 6.04 Å². The highest BCUT2D eigenvalue weighted by Crippen LogP contribution is 2.26. The van der Waals surface area contributed by atoms with Gasteiger partial charge in [0.05, 0.1) is 0 Å². The van der Waals surface area contributed by atoms with Gasteiger partial charge in [-0.2, -0.15) is 0 Å². The van der Waals surface area contributed by atoms with E-state index in [0.717, 1.165) is 18.8 Å². The summed E-state index contributed by atoms with van der Waals surface area (Å²) in [6.07, 6.45) is 15.5. The lowest BCUT2D eigenvalue weighted by Crippen LogP contribution is -2.36. The van der Waals surface area contributed by atoms with Gasteiger partial charge in [-0.1, -0.05) is 38.5 Å². The molecular formula is C12H22N2. The summed E-state index contributed by atoms with van der Waals surface area (Å²) in [6.45, 7) is 0. The number of nitrogens with one attached hydrogen (secondary N) is 1. The fraction of sp³-hybridized carbons (Fsp3) is 0.833. The van der Waals surface area contributed by atoms with Gasteiger partial charge in [0.25, 0.3) is 0 Å². The Morgan fingerprint density at radius 2 is 1.93 bits per heavy atom. The van der Waals surface area contributed by atoms with Gasteiger partial charge >= 0.3 is 0 Å². The van der Waals surface area contributed by atoms with Crippen molar-refractivity contribution in [3.63, 3.8) is 0 Å². The van der Waals surface area contributed by atoms with Gasteiger partial charge in [0, 0.05) is 12.5 Å². The minimum atomic E-state index is 0.322. The Kier molecular flexibility index (Phi) is 5.66. The van der Waals surface area contributed by atoms with Crippen molar-refractivity contribution in [2.45, 2.75) is 57.4 Å². The molecule has 80 valence electrons. The second-order valence-electron chi connectivity index (χ2n) is 4.37. The van der Waals surface area contributed by atoms with Gasteiger partial charge in [-0.15, -0.1) is 12.3 Å². The predicted molar refractivity (Wildman–Crippen MR) is 60.4 cm³/mol. The molecule has 1 rings (SSSR count). The van der Waals surface area contributed by atoms with E-state index in [-0.39, 0.29) is 0 Å². The van der Waals surface area contributed by atoms with Gasteiger partial charge in [0.1, 0.15) is 0 Å². The Morgan fingerprint density at radius 1 is 1.29 bits per heavy atom. The molecule has 1 aliphatic carbocycles. The highest BCUT2D eigenvalue weighted by atomic mass is 15.2. The van der Waals surface area contributed by atoms with Gasteiger partial charge in [0.15, 0.2) is 0 Å². The van der Waals surface area contributed by atoms with Crippen LogP contribution < -0.4 is 11.3 Å². The fourth-order valence-electron chi connectivity index (χ4n) is 2.35. The van der Waals surface area contributed by atoms with Crippen LogP contribution in [0.4, 0.5) is 0 Å². The summed E-state index contributed by atoms with van der Waals surface area (Å²) in [7, 11) is 0. The van der Waals surface area contributed by atoms with Crippen LogP contribution in [0.1, 0.15) is 51.4 Å². The van der Waals surface area contributed by atoms with Gasteiger partial charge in [-0.3, -0.25) is 11.3 Å². The van der Waals surface area contributed by atoms with Crippen LogP contribution >= 0.6 is 0 Å². The molecule has 0 aromatic rings. The van der Waals surface area contributed by atoms with Gasteiger partial charge in [-0.05, 0) is 12.3 Å². The largest absolute Gasteiger partial charge is 0.271 e. The van der Waals surface area contributed by atoms with Crippen molar-refractivity contribution < 1.29 is 0 Å². The highest BCUT2D eigenvalue weighted by molar-refractivity contribution is 4.90. The molecule has 1 fully saturated rings. The topological polar surface area (TPSA) is 38.0 Å². The van der Waals surface area contributed by atoms with Crippen molar-refractivity contribution in [3.05, 3.63) is 0 Å². The van der Waals surface area contributed by atoms with E-state index in [1.807, 2.05) is 0 Å². The van der Waals surface area contributed by atoms with Crippen molar-refractivity contribution in [2.75, 3.05) is 0 Å². The molecule has 1 atom stereocenters. The summed E-state index contributed by atoms with van der Waals surface area (Å²) in [5.74, 6) is 8.99. The van der Waals surface area contributed by atoms with Crippen molar-refractivity contribution in [3.8, 4) is 12.3 Å². The molecular weight excluding hydrogens is 172 g/mol. The van der Waals surface area contributed by atoms with Crippen LogP contribution in [0.25, 0.3) is 0 Å². The number of hydrogen-bond donors (Lipinski definition) is 2. The van der Waals surface area contributed by atoms with Gasteiger partial charge in [-0.25, -0.2) is 0 Å². The van der Waals surface area contributed by atoms with Crippen molar-refractivity contribution in [1.29, 1.82) is 0 Å². The normalized spacial score (nSPS) is 21.1. The monoisotopic (exact) mass is 194 g/mol. The summed E-state index contributed by atoms with van der Waals surface area (Å²) in [6, 6.07) is 0.322. The number of hydrogen-bond acceptors (Lipinski definition) is 2. The molecule has 0 bridgehead atoms. The minimum absolute atomic E-state index is 0.322. The number of nitrogens with two attached hydrogens (primary N) is 1. The van der Waals surface area contributed by atoms with Crippen molar-refractivity contribution >= 4 is 0 Å². The van der Waals surface area contributed by atoms with Gasteiger partial charge < -0.3 is 0 Å². The maximum absolute atomic E-state index is 5.47. The zero-order chi connectivity index (χ0) is 10.2. The molecule has 2 nitrogen and oxygen atoms in total. The second-order valence-corrected chi connectivity index (χ2v) is 4.37. The number of terminal acetylenes is 1. The molecule has 0 aromatic heterocycles. The smallest absolute Gasteiger partial charge is 0.0322 e. The third kappa shape index (κ3) is 4.13. The van der Waals surface area contributed by atoms with Crippen molar-refractivity contribution in [1.82, 2.24) is 5.43 Å². The Balaban J connectivity index is 2.28. The Morgan fingerprint density at radius 3 is 2.43 bits per heavy atom. The Bertz CT molecular complexity index is 175. The first-order valence-electron chi connectivity index (χ1n) is 5.76. The first-order valence-corrected chi connectivity index (χ1v) is 5.76. The molecule has 0 amide bonds. The van der Waals surface area contributed by atoms with E-state index in [1.165, 1.54) is 38.5 Å². The molecule has 3 N–H and O–H groups in total. The summed E-state index contributed by atoms with van der Waals surface area (Å²) >= 11 is 0.